The van der Waals surface area contributed by atoms with E-state index in [-0.39, 0.29) is 5.91 Å². The number of aromatic amines is 1. The lowest BCUT2D eigenvalue weighted by atomic mass is 10.0. The van der Waals surface area contributed by atoms with Crippen molar-refractivity contribution in [2.45, 2.75) is 13.0 Å². The number of amides is 1. The number of hydrogen-bond acceptors (Lipinski definition) is 3. The molecule has 2 fully saturated rings. The number of nitrogens with one attached hydrogen (secondary N) is 1. The van der Waals surface area contributed by atoms with Crippen LogP contribution in [0, 0.1) is 11.8 Å². The molecule has 1 aromatic heterocycles. The number of imidazole rings is 1. The molecule has 2 atom stereocenters. The third-order valence-electron chi connectivity index (χ3n) is 5.06. The van der Waals surface area contributed by atoms with Gasteiger partial charge in [0.05, 0.1) is 12.7 Å². The Morgan fingerprint density at radius 1 is 1.13 bits per heavy atom. The molecule has 0 spiro atoms. The van der Waals surface area contributed by atoms with Crippen molar-refractivity contribution in [1.82, 2.24) is 19.8 Å². The highest BCUT2D eigenvalue weighted by Gasteiger charge is 2.41. The molecule has 3 heterocycles. The average molecular weight is 310 g/mol. The van der Waals surface area contributed by atoms with Crippen LogP contribution in [-0.2, 0) is 17.8 Å². The Kier molecular flexibility index (Phi) is 3.87. The third kappa shape index (κ3) is 3.15. The normalized spacial score (nSPS) is 24.1. The zero-order chi connectivity index (χ0) is 15.6. The van der Waals surface area contributed by atoms with Crippen molar-refractivity contribution in [3.63, 3.8) is 0 Å². The molecule has 1 N–H and O–H groups in total. The van der Waals surface area contributed by atoms with E-state index in [1.54, 1.807) is 12.5 Å². The highest BCUT2D eigenvalue weighted by molar-refractivity contribution is 5.78. The minimum Gasteiger partial charge on any atom is -0.348 e. The zero-order valence-corrected chi connectivity index (χ0v) is 13.2. The fraction of sp³-hybridized carbons (Fsp3) is 0.444. The van der Waals surface area contributed by atoms with Crippen LogP contribution in [0.2, 0.25) is 0 Å². The standard InChI is InChI=1S/C18H22N4O/c23-18(6-17-7-19-13-20-17)22-11-15-9-21(10-16(15)12-22)8-14-4-2-1-3-5-14/h1-5,7,13,15-16H,6,8-12H2,(H,19,20)/t15-,16+. The number of rotatable bonds is 4. The summed E-state index contributed by atoms with van der Waals surface area (Å²) >= 11 is 0. The first-order valence-electron chi connectivity index (χ1n) is 8.29. The number of benzene rings is 1. The molecule has 0 aliphatic carbocycles. The van der Waals surface area contributed by atoms with Crippen molar-refractivity contribution in [3.05, 3.63) is 54.1 Å². The molecule has 0 saturated carbocycles. The SMILES string of the molecule is O=C(Cc1cnc[nH]1)N1C[C@H]2CN(Cc3ccccc3)C[C@H]2C1. The Labute approximate surface area is 136 Å². The Hall–Kier alpha value is -2.14. The topological polar surface area (TPSA) is 52.2 Å². The fourth-order valence-electron chi connectivity index (χ4n) is 3.92. The first-order valence-corrected chi connectivity index (χ1v) is 8.29. The molecule has 1 aromatic carbocycles. The van der Waals surface area contributed by atoms with Gasteiger partial charge in [0.25, 0.3) is 0 Å². The van der Waals surface area contributed by atoms with Gasteiger partial charge in [-0.3, -0.25) is 9.69 Å². The van der Waals surface area contributed by atoms with Crippen LogP contribution in [0.1, 0.15) is 11.3 Å². The minimum absolute atomic E-state index is 0.221. The monoisotopic (exact) mass is 310 g/mol. The number of hydrogen-bond donors (Lipinski definition) is 1. The summed E-state index contributed by atoms with van der Waals surface area (Å²) in [4.78, 5) is 23.9. The van der Waals surface area contributed by atoms with Gasteiger partial charge in [-0.05, 0) is 17.4 Å². The van der Waals surface area contributed by atoms with E-state index in [0.717, 1.165) is 38.4 Å². The number of fused-ring (bicyclic) bond motifs is 1. The van der Waals surface area contributed by atoms with E-state index in [2.05, 4.69) is 45.2 Å². The maximum absolute atomic E-state index is 12.4. The second kappa shape index (κ2) is 6.16. The summed E-state index contributed by atoms with van der Waals surface area (Å²) in [5, 5.41) is 0. The molecule has 5 nitrogen and oxygen atoms in total. The summed E-state index contributed by atoms with van der Waals surface area (Å²) in [5.74, 6) is 1.48. The lowest BCUT2D eigenvalue weighted by molar-refractivity contribution is -0.129. The van der Waals surface area contributed by atoms with Crippen molar-refractivity contribution >= 4 is 5.91 Å². The van der Waals surface area contributed by atoms with Gasteiger partial charge in [0.2, 0.25) is 5.91 Å². The van der Waals surface area contributed by atoms with E-state index in [9.17, 15) is 4.79 Å². The average Bonchev–Trinajstić information content (AvgIpc) is 3.24. The summed E-state index contributed by atoms with van der Waals surface area (Å²) in [6.45, 7) is 5.04. The highest BCUT2D eigenvalue weighted by Crippen LogP contribution is 2.32. The lowest BCUT2D eigenvalue weighted by Crippen LogP contribution is -2.34. The van der Waals surface area contributed by atoms with Gasteiger partial charge in [-0.1, -0.05) is 30.3 Å². The summed E-state index contributed by atoms with van der Waals surface area (Å²) in [6.07, 6.45) is 3.80. The molecule has 0 unspecified atom stereocenters. The van der Waals surface area contributed by atoms with Crippen LogP contribution < -0.4 is 0 Å². The molecule has 0 radical (unpaired) electrons. The number of nitrogens with zero attached hydrogens (tertiary/aromatic N) is 3. The van der Waals surface area contributed by atoms with Crippen molar-refractivity contribution in [3.8, 4) is 0 Å². The molecule has 120 valence electrons. The van der Waals surface area contributed by atoms with E-state index in [4.69, 9.17) is 0 Å². The van der Waals surface area contributed by atoms with E-state index in [1.165, 1.54) is 5.56 Å². The molecule has 4 rings (SSSR count). The molecule has 2 aromatic rings. The van der Waals surface area contributed by atoms with Crippen LogP contribution in [-0.4, -0.2) is 51.9 Å². The molecule has 0 bridgehead atoms. The van der Waals surface area contributed by atoms with Gasteiger partial charge in [0, 0.05) is 44.6 Å². The van der Waals surface area contributed by atoms with E-state index in [1.807, 2.05) is 4.90 Å². The Balaban J connectivity index is 1.30. The molecule has 1 amide bonds. The number of carbonyl (C=O) groups is 1. The van der Waals surface area contributed by atoms with E-state index in [0.29, 0.717) is 18.3 Å². The number of aromatic nitrogens is 2. The Morgan fingerprint density at radius 2 is 1.87 bits per heavy atom. The van der Waals surface area contributed by atoms with Crippen LogP contribution in [0.25, 0.3) is 0 Å². The van der Waals surface area contributed by atoms with Gasteiger partial charge in [0.1, 0.15) is 0 Å². The van der Waals surface area contributed by atoms with Gasteiger partial charge in [-0.15, -0.1) is 0 Å². The summed E-state index contributed by atoms with van der Waals surface area (Å²) in [7, 11) is 0. The lowest BCUT2D eigenvalue weighted by Gasteiger charge is -2.21. The number of H-pyrrole nitrogens is 1. The quantitative estimate of drug-likeness (QED) is 0.932. The maximum Gasteiger partial charge on any atom is 0.228 e. The van der Waals surface area contributed by atoms with Crippen molar-refractivity contribution in [1.29, 1.82) is 0 Å². The summed E-state index contributed by atoms with van der Waals surface area (Å²) in [6, 6.07) is 10.6. The van der Waals surface area contributed by atoms with Crippen molar-refractivity contribution in [2.24, 2.45) is 11.8 Å². The third-order valence-corrected chi connectivity index (χ3v) is 5.06. The van der Waals surface area contributed by atoms with Crippen LogP contribution >= 0.6 is 0 Å². The van der Waals surface area contributed by atoms with Gasteiger partial charge in [0.15, 0.2) is 0 Å². The molecule has 2 saturated heterocycles. The van der Waals surface area contributed by atoms with Crippen LogP contribution in [0.3, 0.4) is 0 Å². The minimum atomic E-state index is 0.221. The first kappa shape index (κ1) is 14.5. The molecular weight excluding hydrogens is 288 g/mol. The van der Waals surface area contributed by atoms with Crippen LogP contribution in [0.15, 0.2) is 42.9 Å². The van der Waals surface area contributed by atoms with Gasteiger partial charge >= 0.3 is 0 Å². The first-order chi connectivity index (χ1) is 11.3. The smallest absolute Gasteiger partial charge is 0.228 e. The number of carbonyl (C=O) groups excluding carboxylic acids is 1. The van der Waals surface area contributed by atoms with Crippen LogP contribution in [0.5, 0.6) is 0 Å². The second-order valence-corrected chi connectivity index (χ2v) is 6.75. The number of likely N-dealkylation sites (tertiary alicyclic amines) is 2. The highest BCUT2D eigenvalue weighted by atomic mass is 16.2. The van der Waals surface area contributed by atoms with E-state index < -0.39 is 0 Å². The Morgan fingerprint density at radius 3 is 2.52 bits per heavy atom. The van der Waals surface area contributed by atoms with Crippen LogP contribution in [0.4, 0.5) is 0 Å². The zero-order valence-electron chi connectivity index (χ0n) is 13.2. The molecule has 5 heteroatoms. The largest absolute Gasteiger partial charge is 0.348 e. The fourth-order valence-corrected chi connectivity index (χ4v) is 3.92. The summed E-state index contributed by atoms with van der Waals surface area (Å²) < 4.78 is 0. The predicted octanol–water partition coefficient (Wildman–Crippen LogP) is 1.54. The van der Waals surface area contributed by atoms with Gasteiger partial charge < -0.3 is 9.88 Å². The van der Waals surface area contributed by atoms with E-state index >= 15 is 0 Å². The predicted molar refractivity (Wildman–Crippen MR) is 87.6 cm³/mol. The van der Waals surface area contributed by atoms with Crippen molar-refractivity contribution < 1.29 is 4.79 Å². The molecule has 23 heavy (non-hydrogen) atoms. The Bertz CT molecular complexity index is 641. The molecule has 2 aliphatic heterocycles. The van der Waals surface area contributed by atoms with Gasteiger partial charge in [-0.25, -0.2) is 4.98 Å². The molecule has 2 aliphatic rings. The molecular formula is C18H22N4O. The van der Waals surface area contributed by atoms with Crippen molar-refractivity contribution in [2.75, 3.05) is 26.2 Å². The second-order valence-electron chi connectivity index (χ2n) is 6.75. The summed E-state index contributed by atoms with van der Waals surface area (Å²) in [5.41, 5.74) is 2.28. The maximum atomic E-state index is 12.4. The van der Waals surface area contributed by atoms with Gasteiger partial charge in [-0.2, -0.15) is 0 Å².